The van der Waals surface area contributed by atoms with E-state index in [9.17, 15) is 4.79 Å². The van der Waals surface area contributed by atoms with E-state index in [4.69, 9.17) is 4.42 Å². The van der Waals surface area contributed by atoms with Gasteiger partial charge in [-0.05, 0) is 41.0 Å². The molecule has 0 bridgehead atoms. The molecule has 1 unspecified atom stereocenters. The van der Waals surface area contributed by atoms with Crippen LogP contribution in [0.3, 0.4) is 0 Å². The maximum absolute atomic E-state index is 12.7. The number of carbonyl (C=O) groups is 1. The minimum Gasteiger partial charge on any atom is -0.459 e. The zero-order valence-corrected chi connectivity index (χ0v) is 17.6. The van der Waals surface area contributed by atoms with Gasteiger partial charge in [0.2, 0.25) is 0 Å². The van der Waals surface area contributed by atoms with E-state index in [2.05, 4.69) is 49.4 Å². The Hall–Kier alpha value is -3.00. The normalized spacial score (nSPS) is 19.4. The van der Waals surface area contributed by atoms with E-state index >= 15 is 0 Å². The molecule has 0 spiro atoms. The van der Waals surface area contributed by atoms with Crippen molar-refractivity contribution in [3.8, 4) is 0 Å². The highest BCUT2D eigenvalue weighted by Gasteiger charge is 2.33. The summed E-state index contributed by atoms with van der Waals surface area (Å²) in [5.41, 5.74) is 1.18. The average Bonchev–Trinajstić information content (AvgIpc) is 3.54. The number of aromatic nitrogens is 4. The molecule has 1 atom stereocenters. The van der Waals surface area contributed by atoms with Crippen LogP contribution in [-0.2, 0) is 0 Å². The lowest BCUT2D eigenvalue weighted by molar-refractivity contribution is 0.0557. The van der Waals surface area contributed by atoms with Crippen LogP contribution < -0.4 is 0 Å². The second kappa shape index (κ2) is 9.01. The lowest BCUT2D eigenvalue weighted by Crippen LogP contribution is -2.50. The second-order valence-electron chi connectivity index (χ2n) is 8.39. The summed E-state index contributed by atoms with van der Waals surface area (Å²) in [7, 11) is 0. The lowest BCUT2D eigenvalue weighted by Gasteiger charge is -2.39. The van der Waals surface area contributed by atoms with Crippen molar-refractivity contribution in [3.05, 3.63) is 65.9 Å². The third-order valence-corrected chi connectivity index (χ3v) is 6.50. The first-order valence-corrected chi connectivity index (χ1v) is 11.2. The molecular formula is C23H28N6O2. The fraction of sp³-hybridized carbons (Fsp3) is 0.478. The molecule has 2 fully saturated rings. The Bertz CT molecular complexity index is 973. The van der Waals surface area contributed by atoms with Crippen molar-refractivity contribution in [1.29, 1.82) is 0 Å². The van der Waals surface area contributed by atoms with Gasteiger partial charge in [0.25, 0.3) is 5.91 Å². The first kappa shape index (κ1) is 19.9. The Morgan fingerprint density at radius 3 is 2.45 bits per heavy atom. The Morgan fingerprint density at radius 2 is 1.74 bits per heavy atom. The van der Waals surface area contributed by atoms with Gasteiger partial charge in [0.05, 0.1) is 18.3 Å². The number of hydrogen-bond donors (Lipinski definition) is 0. The fourth-order valence-electron chi connectivity index (χ4n) is 4.86. The smallest absolute Gasteiger partial charge is 0.289 e. The molecule has 2 aromatic heterocycles. The quantitative estimate of drug-likeness (QED) is 0.630. The van der Waals surface area contributed by atoms with E-state index in [0.717, 1.165) is 31.8 Å². The minimum atomic E-state index is -0.0482. The highest BCUT2D eigenvalue weighted by molar-refractivity contribution is 5.91. The predicted octanol–water partition coefficient (Wildman–Crippen LogP) is 3.32. The fourth-order valence-corrected chi connectivity index (χ4v) is 4.86. The predicted molar refractivity (Wildman–Crippen MR) is 114 cm³/mol. The molecule has 3 heterocycles. The molecule has 0 N–H and O–H groups in total. The summed E-state index contributed by atoms with van der Waals surface area (Å²) < 4.78 is 7.37. The SMILES string of the molecule is O=C(c1ccco1)N1CCN(C(c2ccccc2)c2nnnn2C2CCCCC2)CC1. The molecule has 31 heavy (non-hydrogen) atoms. The van der Waals surface area contributed by atoms with Gasteiger partial charge >= 0.3 is 0 Å². The molecule has 1 aliphatic heterocycles. The Kier molecular flexibility index (Phi) is 5.80. The summed E-state index contributed by atoms with van der Waals surface area (Å²) in [6.45, 7) is 2.80. The van der Waals surface area contributed by atoms with Crippen LogP contribution >= 0.6 is 0 Å². The van der Waals surface area contributed by atoms with E-state index in [-0.39, 0.29) is 11.9 Å². The number of nitrogens with zero attached hydrogens (tertiary/aromatic N) is 6. The van der Waals surface area contributed by atoms with Crippen molar-refractivity contribution in [1.82, 2.24) is 30.0 Å². The van der Waals surface area contributed by atoms with E-state index in [1.807, 2.05) is 11.0 Å². The van der Waals surface area contributed by atoms with E-state index in [1.54, 1.807) is 18.4 Å². The summed E-state index contributed by atoms with van der Waals surface area (Å²) in [6.07, 6.45) is 7.55. The maximum Gasteiger partial charge on any atom is 0.289 e. The second-order valence-corrected chi connectivity index (χ2v) is 8.39. The molecule has 1 amide bonds. The molecule has 0 radical (unpaired) electrons. The largest absolute Gasteiger partial charge is 0.459 e. The number of hydrogen-bond acceptors (Lipinski definition) is 6. The van der Waals surface area contributed by atoms with E-state index in [0.29, 0.717) is 24.9 Å². The van der Waals surface area contributed by atoms with Gasteiger partial charge in [0, 0.05) is 26.2 Å². The Morgan fingerprint density at radius 1 is 0.968 bits per heavy atom. The molecule has 1 aliphatic carbocycles. The van der Waals surface area contributed by atoms with Crippen molar-refractivity contribution >= 4 is 5.91 Å². The van der Waals surface area contributed by atoms with Crippen molar-refractivity contribution in [2.75, 3.05) is 26.2 Å². The summed E-state index contributed by atoms with van der Waals surface area (Å²) in [5.74, 6) is 1.26. The maximum atomic E-state index is 12.7. The number of rotatable bonds is 5. The van der Waals surface area contributed by atoms with Gasteiger partial charge in [0.1, 0.15) is 0 Å². The first-order valence-electron chi connectivity index (χ1n) is 11.2. The van der Waals surface area contributed by atoms with Crippen LogP contribution in [0.15, 0.2) is 53.1 Å². The molecule has 2 aliphatic rings. The molecule has 5 rings (SSSR count). The monoisotopic (exact) mass is 420 g/mol. The van der Waals surface area contributed by atoms with Gasteiger partial charge in [-0.1, -0.05) is 49.6 Å². The highest BCUT2D eigenvalue weighted by Crippen LogP contribution is 2.33. The van der Waals surface area contributed by atoms with Crippen LogP contribution in [0.5, 0.6) is 0 Å². The van der Waals surface area contributed by atoms with Crippen LogP contribution in [0.4, 0.5) is 0 Å². The number of tetrazole rings is 1. The molecule has 1 saturated carbocycles. The number of amides is 1. The molecule has 8 heteroatoms. The lowest BCUT2D eigenvalue weighted by atomic mass is 9.95. The minimum absolute atomic E-state index is 0.0287. The van der Waals surface area contributed by atoms with Crippen LogP contribution in [0, 0.1) is 0 Å². The summed E-state index contributed by atoms with van der Waals surface area (Å²) in [5, 5.41) is 13.0. The summed E-state index contributed by atoms with van der Waals surface area (Å²) >= 11 is 0. The topological polar surface area (TPSA) is 80.3 Å². The molecule has 1 saturated heterocycles. The van der Waals surface area contributed by atoms with Crippen molar-refractivity contribution in [2.45, 2.75) is 44.2 Å². The third-order valence-electron chi connectivity index (χ3n) is 6.50. The first-order chi connectivity index (χ1) is 15.3. The molecule has 162 valence electrons. The number of benzene rings is 1. The highest BCUT2D eigenvalue weighted by atomic mass is 16.3. The van der Waals surface area contributed by atoms with Gasteiger partial charge < -0.3 is 9.32 Å². The van der Waals surface area contributed by atoms with Gasteiger partial charge in [-0.15, -0.1) is 5.10 Å². The van der Waals surface area contributed by atoms with Gasteiger partial charge in [-0.25, -0.2) is 4.68 Å². The van der Waals surface area contributed by atoms with Gasteiger partial charge in [-0.2, -0.15) is 0 Å². The van der Waals surface area contributed by atoms with Crippen LogP contribution in [0.25, 0.3) is 0 Å². The van der Waals surface area contributed by atoms with Crippen molar-refractivity contribution in [2.24, 2.45) is 0 Å². The van der Waals surface area contributed by atoms with Crippen molar-refractivity contribution < 1.29 is 9.21 Å². The number of furan rings is 1. The van der Waals surface area contributed by atoms with Gasteiger partial charge in [0.15, 0.2) is 11.6 Å². The Balaban J connectivity index is 1.39. The van der Waals surface area contributed by atoms with Crippen LogP contribution in [0.2, 0.25) is 0 Å². The zero-order valence-electron chi connectivity index (χ0n) is 17.6. The van der Waals surface area contributed by atoms with E-state index in [1.165, 1.54) is 24.8 Å². The molecular weight excluding hydrogens is 392 g/mol. The van der Waals surface area contributed by atoms with Crippen LogP contribution in [-0.4, -0.2) is 62.1 Å². The standard InChI is InChI=1S/C23H28N6O2/c30-23(20-12-7-17-31-20)28-15-13-27(14-16-28)21(18-8-3-1-4-9-18)22-24-25-26-29(22)19-10-5-2-6-11-19/h1,3-4,7-9,12,17,19,21H,2,5-6,10-11,13-16H2. The number of piperazine rings is 1. The van der Waals surface area contributed by atoms with Crippen molar-refractivity contribution in [3.63, 3.8) is 0 Å². The zero-order chi connectivity index (χ0) is 21.0. The summed E-state index contributed by atoms with van der Waals surface area (Å²) in [6, 6.07) is 14.3. The molecule has 3 aromatic rings. The average molecular weight is 421 g/mol. The Labute approximate surface area is 181 Å². The molecule has 8 nitrogen and oxygen atoms in total. The third kappa shape index (κ3) is 4.12. The summed E-state index contributed by atoms with van der Waals surface area (Å²) in [4.78, 5) is 16.9. The molecule has 1 aromatic carbocycles. The van der Waals surface area contributed by atoms with Gasteiger partial charge in [-0.3, -0.25) is 9.69 Å². The van der Waals surface area contributed by atoms with Crippen LogP contribution in [0.1, 0.15) is 66.1 Å². The van der Waals surface area contributed by atoms with E-state index < -0.39 is 0 Å². The number of carbonyl (C=O) groups excluding carboxylic acids is 1.